The van der Waals surface area contributed by atoms with Crippen LogP contribution in [0.2, 0.25) is 0 Å². The molecule has 25 heavy (non-hydrogen) atoms. The van der Waals surface area contributed by atoms with Crippen molar-refractivity contribution in [3.8, 4) is 5.75 Å². The first-order valence-corrected chi connectivity index (χ1v) is 10.1. The zero-order valence-electron chi connectivity index (χ0n) is 15.0. The van der Waals surface area contributed by atoms with Crippen molar-refractivity contribution in [1.29, 1.82) is 0 Å². The van der Waals surface area contributed by atoms with Gasteiger partial charge in [-0.05, 0) is 44.6 Å². The van der Waals surface area contributed by atoms with Crippen molar-refractivity contribution in [3.05, 3.63) is 30.3 Å². The van der Waals surface area contributed by atoms with Gasteiger partial charge in [-0.2, -0.15) is 11.8 Å². The maximum Gasteiger partial charge on any atom is 0.314 e. The lowest BCUT2D eigenvalue weighted by Gasteiger charge is -2.41. The van der Waals surface area contributed by atoms with Crippen molar-refractivity contribution in [2.24, 2.45) is 5.41 Å². The van der Waals surface area contributed by atoms with Crippen molar-refractivity contribution in [1.82, 2.24) is 4.90 Å². The first-order valence-electron chi connectivity index (χ1n) is 8.73. The fourth-order valence-electron chi connectivity index (χ4n) is 3.20. The first-order chi connectivity index (χ1) is 12.1. The lowest BCUT2D eigenvalue weighted by Crippen LogP contribution is -2.51. The van der Waals surface area contributed by atoms with Crippen molar-refractivity contribution < 1.29 is 19.1 Å². The van der Waals surface area contributed by atoms with Crippen LogP contribution in [0.3, 0.4) is 0 Å². The molecule has 0 radical (unpaired) electrons. The molecule has 138 valence electrons. The van der Waals surface area contributed by atoms with E-state index in [0.29, 0.717) is 38.5 Å². The third kappa shape index (κ3) is 5.39. The third-order valence-corrected chi connectivity index (χ3v) is 5.03. The fourth-order valence-corrected chi connectivity index (χ4v) is 3.63. The molecule has 0 saturated carbocycles. The molecule has 0 spiro atoms. The standard InChI is InChI=1S/C19H27NO4S/c1-3-23-18(22)19(11-13-24-16-8-5-4-6-9-16)10-7-12-20(15-19)17(21)14-25-2/h4-6,8-9H,3,7,10-15H2,1-2H3/t19-/m0/s1. The smallest absolute Gasteiger partial charge is 0.314 e. The lowest BCUT2D eigenvalue weighted by molar-refractivity contribution is -0.161. The highest BCUT2D eigenvalue weighted by Crippen LogP contribution is 2.35. The topological polar surface area (TPSA) is 55.8 Å². The SMILES string of the molecule is CCOC(=O)[C@]1(CCOc2ccccc2)CCCN(C(=O)CSC)C1. The molecule has 1 aromatic rings. The molecule has 1 heterocycles. The summed E-state index contributed by atoms with van der Waals surface area (Å²) in [6.45, 7) is 3.71. The molecule has 1 aromatic carbocycles. The van der Waals surface area contributed by atoms with Crippen LogP contribution in [0, 0.1) is 5.41 Å². The number of thioether (sulfide) groups is 1. The number of likely N-dealkylation sites (tertiary alicyclic amines) is 1. The van der Waals surface area contributed by atoms with Crippen molar-refractivity contribution >= 4 is 23.6 Å². The van der Waals surface area contributed by atoms with Gasteiger partial charge in [0.15, 0.2) is 0 Å². The normalized spacial score (nSPS) is 20.2. The van der Waals surface area contributed by atoms with Gasteiger partial charge < -0.3 is 14.4 Å². The Morgan fingerprint density at radius 3 is 2.72 bits per heavy atom. The number of piperidine rings is 1. The Balaban J connectivity index is 2.05. The van der Waals surface area contributed by atoms with Crippen molar-refractivity contribution in [2.75, 3.05) is 38.3 Å². The number of amides is 1. The molecule has 0 aliphatic carbocycles. The molecule has 0 bridgehead atoms. The minimum absolute atomic E-state index is 0.0878. The number of hydrogen-bond acceptors (Lipinski definition) is 5. The number of hydrogen-bond donors (Lipinski definition) is 0. The Bertz CT molecular complexity index is 566. The van der Waals surface area contributed by atoms with Crippen LogP contribution in [-0.2, 0) is 14.3 Å². The molecule has 1 aliphatic heterocycles. The van der Waals surface area contributed by atoms with E-state index in [1.54, 1.807) is 4.90 Å². The highest BCUT2D eigenvalue weighted by molar-refractivity contribution is 7.99. The average Bonchev–Trinajstić information content (AvgIpc) is 2.63. The van der Waals surface area contributed by atoms with Gasteiger partial charge in [0.1, 0.15) is 5.75 Å². The summed E-state index contributed by atoms with van der Waals surface area (Å²) in [5.41, 5.74) is -0.670. The summed E-state index contributed by atoms with van der Waals surface area (Å²) in [4.78, 5) is 26.8. The Morgan fingerprint density at radius 1 is 1.28 bits per heavy atom. The van der Waals surface area contributed by atoms with Gasteiger partial charge in [0.05, 0.1) is 24.4 Å². The van der Waals surface area contributed by atoms with Gasteiger partial charge in [0.25, 0.3) is 0 Å². The van der Waals surface area contributed by atoms with Crippen LogP contribution in [0.1, 0.15) is 26.2 Å². The van der Waals surface area contributed by atoms with E-state index in [1.165, 1.54) is 11.8 Å². The number of esters is 1. The number of rotatable bonds is 8. The molecule has 2 rings (SSSR count). The molecule has 6 heteroatoms. The van der Waals surface area contributed by atoms with E-state index in [1.807, 2.05) is 43.5 Å². The van der Waals surface area contributed by atoms with Gasteiger partial charge in [-0.15, -0.1) is 0 Å². The van der Waals surface area contributed by atoms with E-state index in [4.69, 9.17) is 9.47 Å². The van der Waals surface area contributed by atoms with E-state index in [-0.39, 0.29) is 11.9 Å². The molecule has 0 unspecified atom stereocenters. The van der Waals surface area contributed by atoms with Gasteiger partial charge in [-0.25, -0.2) is 0 Å². The Morgan fingerprint density at radius 2 is 2.04 bits per heavy atom. The molecule has 1 saturated heterocycles. The van der Waals surface area contributed by atoms with E-state index < -0.39 is 5.41 Å². The zero-order valence-corrected chi connectivity index (χ0v) is 15.8. The van der Waals surface area contributed by atoms with Crippen LogP contribution in [0.15, 0.2) is 30.3 Å². The summed E-state index contributed by atoms with van der Waals surface area (Å²) < 4.78 is 11.1. The van der Waals surface area contributed by atoms with Crippen LogP contribution in [0.25, 0.3) is 0 Å². The predicted octanol–water partition coefficient (Wildman–Crippen LogP) is 2.99. The Labute approximate surface area is 154 Å². The molecule has 0 aromatic heterocycles. The first kappa shape index (κ1) is 19.6. The van der Waals surface area contributed by atoms with Crippen LogP contribution in [0.4, 0.5) is 0 Å². The van der Waals surface area contributed by atoms with Gasteiger partial charge in [0.2, 0.25) is 5.91 Å². The van der Waals surface area contributed by atoms with Crippen LogP contribution in [0.5, 0.6) is 5.75 Å². The molecule has 1 atom stereocenters. The second kappa shape index (κ2) is 9.70. The Kier molecular flexibility index (Phi) is 7.62. The van der Waals surface area contributed by atoms with Gasteiger partial charge in [0, 0.05) is 13.1 Å². The maximum absolute atomic E-state index is 12.7. The van der Waals surface area contributed by atoms with Crippen molar-refractivity contribution in [2.45, 2.75) is 26.2 Å². The largest absolute Gasteiger partial charge is 0.494 e. The van der Waals surface area contributed by atoms with Crippen LogP contribution >= 0.6 is 11.8 Å². The highest BCUT2D eigenvalue weighted by atomic mass is 32.2. The van der Waals surface area contributed by atoms with Crippen LogP contribution < -0.4 is 4.74 Å². The van der Waals surface area contributed by atoms with Gasteiger partial charge >= 0.3 is 5.97 Å². The van der Waals surface area contributed by atoms with E-state index >= 15 is 0 Å². The molecule has 1 fully saturated rings. The second-order valence-electron chi connectivity index (χ2n) is 6.26. The predicted molar refractivity (Wildman–Crippen MR) is 99.8 cm³/mol. The number of carbonyl (C=O) groups is 2. The lowest BCUT2D eigenvalue weighted by atomic mass is 9.77. The molecule has 1 amide bonds. The summed E-state index contributed by atoms with van der Waals surface area (Å²) in [6, 6.07) is 9.56. The Hall–Kier alpha value is -1.69. The van der Waals surface area contributed by atoms with E-state index in [0.717, 1.165) is 18.6 Å². The number of ether oxygens (including phenoxy) is 2. The monoisotopic (exact) mass is 365 g/mol. The van der Waals surface area contributed by atoms with Gasteiger partial charge in [-0.1, -0.05) is 18.2 Å². The van der Waals surface area contributed by atoms with Gasteiger partial charge in [-0.3, -0.25) is 9.59 Å². The second-order valence-corrected chi connectivity index (χ2v) is 7.13. The molecule has 5 nitrogen and oxygen atoms in total. The molecular formula is C19H27NO4S. The zero-order chi connectivity index (χ0) is 18.1. The van der Waals surface area contributed by atoms with E-state index in [9.17, 15) is 9.59 Å². The minimum Gasteiger partial charge on any atom is -0.494 e. The number of benzene rings is 1. The third-order valence-electron chi connectivity index (χ3n) is 4.50. The number of nitrogens with zero attached hydrogens (tertiary/aromatic N) is 1. The minimum atomic E-state index is -0.670. The van der Waals surface area contributed by atoms with Crippen molar-refractivity contribution in [3.63, 3.8) is 0 Å². The summed E-state index contributed by atoms with van der Waals surface area (Å²) in [5.74, 6) is 1.10. The summed E-state index contributed by atoms with van der Waals surface area (Å²) in [6.07, 6.45) is 4.00. The summed E-state index contributed by atoms with van der Waals surface area (Å²) in [7, 11) is 0. The quantitative estimate of drug-likeness (QED) is 0.663. The summed E-state index contributed by atoms with van der Waals surface area (Å²) >= 11 is 1.51. The van der Waals surface area contributed by atoms with Crippen LogP contribution in [-0.4, -0.2) is 55.1 Å². The number of carbonyl (C=O) groups excluding carboxylic acids is 2. The van der Waals surface area contributed by atoms with E-state index in [2.05, 4.69) is 0 Å². The molecule has 0 N–H and O–H groups in total. The number of para-hydroxylation sites is 1. The fraction of sp³-hybridized carbons (Fsp3) is 0.579. The molecule has 1 aliphatic rings. The maximum atomic E-state index is 12.7. The average molecular weight is 365 g/mol. The molecular weight excluding hydrogens is 338 g/mol. The highest BCUT2D eigenvalue weighted by Gasteiger charge is 2.44. The summed E-state index contributed by atoms with van der Waals surface area (Å²) in [5, 5.41) is 0.